The zero-order chi connectivity index (χ0) is 30.8. The standard InChI is InChI=1S/C31H43N5O6S/c1-24(2)23-43(39,40)33-14-8-17-35-29(30(37)34-18-15-32-16-19-34)28(25-10-5-4-6-11-25)36(31(35)38)26-12-7-13-27(22-26)42-21-9-20-41-3/h4-7,10-13,22,24,32-33H,8-9,14-21,23H2,1-3H3. The molecule has 1 aromatic heterocycles. The van der Waals surface area contributed by atoms with E-state index in [1.54, 1.807) is 22.6 Å². The summed E-state index contributed by atoms with van der Waals surface area (Å²) in [6, 6.07) is 16.7. The molecule has 12 heteroatoms. The second kappa shape index (κ2) is 15.3. The zero-order valence-electron chi connectivity index (χ0n) is 25.3. The van der Waals surface area contributed by atoms with Gasteiger partial charge in [0, 0.05) is 71.0 Å². The molecule has 0 bridgehead atoms. The maximum Gasteiger partial charge on any atom is 0.333 e. The van der Waals surface area contributed by atoms with E-state index in [0.29, 0.717) is 62.9 Å². The van der Waals surface area contributed by atoms with Crippen LogP contribution in [0.4, 0.5) is 0 Å². The molecule has 2 heterocycles. The first-order chi connectivity index (χ1) is 20.7. The van der Waals surface area contributed by atoms with Crippen molar-refractivity contribution in [2.45, 2.75) is 33.2 Å². The number of benzene rings is 2. The Morgan fingerprint density at radius 1 is 1.02 bits per heavy atom. The number of ether oxygens (including phenoxy) is 2. The molecule has 43 heavy (non-hydrogen) atoms. The number of carbonyl (C=O) groups excluding carboxylic acids is 1. The van der Waals surface area contributed by atoms with Crippen molar-refractivity contribution < 1.29 is 22.7 Å². The number of methoxy groups -OCH3 is 1. The fourth-order valence-corrected chi connectivity index (χ4v) is 6.61. The van der Waals surface area contributed by atoms with E-state index in [4.69, 9.17) is 9.47 Å². The molecule has 1 saturated heterocycles. The van der Waals surface area contributed by atoms with E-state index >= 15 is 0 Å². The Bertz CT molecular complexity index is 1510. The highest BCUT2D eigenvalue weighted by molar-refractivity contribution is 7.89. The predicted molar refractivity (Wildman–Crippen MR) is 167 cm³/mol. The Morgan fingerprint density at radius 3 is 2.47 bits per heavy atom. The molecule has 4 rings (SSSR count). The van der Waals surface area contributed by atoms with E-state index in [9.17, 15) is 18.0 Å². The molecule has 1 aliphatic rings. The summed E-state index contributed by atoms with van der Waals surface area (Å²) in [5, 5.41) is 3.27. The number of sulfonamides is 1. The van der Waals surface area contributed by atoms with Crippen molar-refractivity contribution in [3.63, 3.8) is 0 Å². The van der Waals surface area contributed by atoms with E-state index in [1.165, 1.54) is 4.57 Å². The SMILES string of the molecule is COCCCOc1cccc(-n2c(-c3ccccc3)c(C(=O)N3CCNCC3)n(CCCNS(=O)(=O)CC(C)C)c2=O)c1. The summed E-state index contributed by atoms with van der Waals surface area (Å²) in [6.45, 7) is 7.41. The number of amides is 1. The lowest BCUT2D eigenvalue weighted by atomic mass is 10.1. The maximum atomic E-state index is 14.3. The lowest BCUT2D eigenvalue weighted by Crippen LogP contribution is -2.47. The Kier molecular flexibility index (Phi) is 11.6. The van der Waals surface area contributed by atoms with Crippen LogP contribution in [0.3, 0.4) is 0 Å². The highest BCUT2D eigenvalue weighted by Crippen LogP contribution is 2.29. The van der Waals surface area contributed by atoms with Gasteiger partial charge in [0.25, 0.3) is 5.91 Å². The van der Waals surface area contributed by atoms with Gasteiger partial charge in [-0.3, -0.25) is 13.9 Å². The average Bonchev–Trinajstić information content (AvgIpc) is 3.29. The molecule has 2 N–H and O–H groups in total. The maximum absolute atomic E-state index is 14.3. The summed E-state index contributed by atoms with van der Waals surface area (Å²) >= 11 is 0. The monoisotopic (exact) mass is 613 g/mol. The van der Waals surface area contributed by atoms with Gasteiger partial charge < -0.3 is 19.7 Å². The van der Waals surface area contributed by atoms with Crippen LogP contribution in [0.5, 0.6) is 5.75 Å². The normalized spacial score (nSPS) is 13.9. The summed E-state index contributed by atoms with van der Waals surface area (Å²) in [4.78, 5) is 30.2. The third kappa shape index (κ3) is 8.56. The third-order valence-electron chi connectivity index (χ3n) is 7.06. The molecule has 2 aromatic carbocycles. The molecule has 0 atom stereocenters. The molecule has 3 aromatic rings. The van der Waals surface area contributed by atoms with Crippen molar-refractivity contribution in [3.05, 3.63) is 70.8 Å². The van der Waals surface area contributed by atoms with E-state index in [2.05, 4.69) is 10.0 Å². The van der Waals surface area contributed by atoms with Crippen molar-refractivity contribution in [2.24, 2.45) is 5.92 Å². The van der Waals surface area contributed by atoms with Crippen molar-refractivity contribution in [3.8, 4) is 22.7 Å². The first kappa shape index (κ1) is 32.5. The van der Waals surface area contributed by atoms with Gasteiger partial charge in [-0.05, 0) is 24.5 Å². The van der Waals surface area contributed by atoms with Crippen LogP contribution in [-0.4, -0.2) is 87.2 Å². The quantitative estimate of drug-likeness (QED) is 0.253. The third-order valence-corrected chi connectivity index (χ3v) is 8.81. The summed E-state index contributed by atoms with van der Waals surface area (Å²) in [6.07, 6.45) is 1.05. The van der Waals surface area contributed by atoms with Gasteiger partial charge in [0.2, 0.25) is 10.0 Å². The number of nitrogens with one attached hydrogen (secondary N) is 2. The van der Waals surface area contributed by atoms with Crippen LogP contribution < -0.4 is 20.5 Å². The molecule has 0 saturated carbocycles. The molecule has 234 valence electrons. The molecular weight excluding hydrogens is 570 g/mol. The van der Waals surface area contributed by atoms with Gasteiger partial charge in [-0.1, -0.05) is 50.2 Å². The zero-order valence-corrected chi connectivity index (χ0v) is 26.1. The number of hydrogen-bond acceptors (Lipinski definition) is 7. The van der Waals surface area contributed by atoms with Crippen LogP contribution in [-0.2, 0) is 21.3 Å². The van der Waals surface area contributed by atoms with E-state index < -0.39 is 10.0 Å². The molecule has 0 radical (unpaired) electrons. The Balaban J connectivity index is 1.78. The first-order valence-corrected chi connectivity index (χ1v) is 16.5. The highest BCUT2D eigenvalue weighted by atomic mass is 32.2. The smallest absolute Gasteiger partial charge is 0.333 e. The molecule has 0 unspecified atom stereocenters. The van der Waals surface area contributed by atoms with Crippen molar-refractivity contribution in [1.82, 2.24) is 24.1 Å². The number of aromatic nitrogens is 2. The van der Waals surface area contributed by atoms with Crippen LogP contribution in [0.1, 0.15) is 37.2 Å². The molecule has 1 fully saturated rings. The fraction of sp³-hybridized carbons (Fsp3) is 0.484. The van der Waals surface area contributed by atoms with Gasteiger partial charge in [-0.25, -0.2) is 17.9 Å². The Labute approximate surface area is 253 Å². The molecule has 0 spiro atoms. The van der Waals surface area contributed by atoms with Gasteiger partial charge in [0.15, 0.2) is 0 Å². The second-order valence-corrected chi connectivity index (χ2v) is 12.8. The molecular formula is C31H43N5O6S. The van der Waals surface area contributed by atoms with Gasteiger partial charge in [-0.2, -0.15) is 0 Å². The lowest BCUT2D eigenvalue weighted by Gasteiger charge is -2.28. The summed E-state index contributed by atoms with van der Waals surface area (Å²) in [7, 11) is -1.80. The summed E-state index contributed by atoms with van der Waals surface area (Å²) < 4.78 is 41.5. The van der Waals surface area contributed by atoms with Crippen LogP contribution in [0.25, 0.3) is 16.9 Å². The van der Waals surface area contributed by atoms with Crippen molar-refractivity contribution >= 4 is 15.9 Å². The van der Waals surface area contributed by atoms with Gasteiger partial charge >= 0.3 is 5.69 Å². The Hall–Kier alpha value is -3.45. The van der Waals surface area contributed by atoms with Crippen LogP contribution >= 0.6 is 0 Å². The largest absolute Gasteiger partial charge is 0.493 e. The van der Waals surface area contributed by atoms with E-state index in [0.717, 1.165) is 12.0 Å². The molecule has 1 amide bonds. The minimum Gasteiger partial charge on any atom is -0.493 e. The van der Waals surface area contributed by atoms with Crippen LogP contribution in [0.2, 0.25) is 0 Å². The fourth-order valence-electron chi connectivity index (χ4n) is 5.16. The number of piperazine rings is 1. The van der Waals surface area contributed by atoms with Crippen molar-refractivity contribution in [2.75, 3.05) is 58.8 Å². The van der Waals surface area contributed by atoms with E-state index in [1.807, 2.05) is 62.4 Å². The molecule has 0 aliphatic carbocycles. The van der Waals surface area contributed by atoms with E-state index in [-0.39, 0.29) is 42.1 Å². The topological polar surface area (TPSA) is 124 Å². The van der Waals surface area contributed by atoms with Crippen LogP contribution in [0.15, 0.2) is 59.4 Å². The van der Waals surface area contributed by atoms with Gasteiger partial charge in [0.05, 0.1) is 23.7 Å². The minimum atomic E-state index is -3.44. The Morgan fingerprint density at radius 2 is 1.77 bits per heavy atom. The summed E-state index contributed by atoms with van der Waals surface area (Å²) in [5.41, 5.74) is 1.69. The minimum absolute atomic E-state index is 0.00874. The first-order valence-electron chi connectivity index (χ1n) is 14.8. The number of nitrogens with zero attached hydrogens (tertiary/aromatic N) is 3. The number of imidazole rings is 1. The van der Waals surface area contributed by atoms with Crippen LogP contribution in [0, 0.1) is 5.92 Å². The summed E-state index contributed by atoms with van der Waals surface area (Å²) in [5.74, 6) is 0.383. The predicted octanol–water partition coefficient (Wildman–Crippen LogP) is 2.73. The molecule has 1 aliphatic heterocycles. The van der Waals surface area contributed by atoms with Gasteiger partial charge in [0.1, 0.15) is 11.4 Å². The van der Waals surface area contributed by atoms with Gasteiger partial charge in [-0.15, -0.1) is 0 Å². The second-order valence-electron chi connectivity index (χ2n) is 11.0. The number of carbonyl (C=O) groups is 1. The highest BCUT2D eigenvalue weighted by Gasteiger charge is 2.30. The number of hydrogen-bond donors (Lipinski definition) is 2. The average molecular weight is 614 g/mol. The molecule has 11 nitrogen and oxygen atoms in total. The van der Waals surface area contributed by atoms with Crippen molar-refractivity contribution in [1.29, 1.82) is 0 Å². The number of rotatable bonds is 15. The lowest BCUT2D eigenvalue weighted by molar-refractivity contribution is 0.0725.